The van der Waals surface area contributed by atoms with Crippen LogP contribution in [0.5, 0.6) is 0 Å². The van der Waals surface area contributed by atoms with Crippen LogP contribution in [0, 0.1) is 10.8 Å². The second kappa shape index (κ2) is 5.98. The van der Waals surface area contributed by atoms with Gasteiger partial charge in [-0.1, -0.05) is 40.5 Å². The van der Waals surface area contributed by atoms with E-state index in [4.69, 9.17) is 0 Å². The molecule has 0 aromatic carbocycles. The first-order valence-corrected chi connectivity index (χ1v) is 8.36. The number of nitrogens with zero attached hydrogens (tertiary/aromatic N) is 1. The van der Waals surface area contributed by atoms with E-state index in [2.05, 4.69) is 12.2 Å². The molecule has 1 saturated carbocycles. The Hall–Kier alpha value is -1.06. The molecule has 2 rings (SSSR count). The van der Waals surface area contributed by atoms with Gasteiger partial charge in [-0.15, -0.1) is 0 Å². The summed E-state index contributed by atoms with van der Waals surface area (Å²) in [6, 6.07) is -0.400. The minimum absolute atomic E-state index is 0.00254. The van der Waals surface area contributed by atoms with Gasteiger partial charge in [-0.3, -0.25) is 9.59 Å². The summed E-state index contributed by atoms with van der Waals surface area (Å²) in [4.78, 5) is 26.8. The minimum Gasteiger partial charge on any atom is -0.344 e. The third-order valence-corrected chi connectivity index (χ3v) is 5.28. The van der Waals surface area contributed by atoms with Gasteiger partial charge in [0.2, 0.25) is 11.8 Å². The molecule has 1 unspecified atom stereocenters. The van der Waals surface area contributed by atoms with Crippen molar-refractivity contribution in [3.8, 4) is 0 Å². The Kier molecular flexibility index (Phi) is 4.64. The molecule has 0 radical (unpaired) electrons. The third kappa shape index (κ3) is 3.58. The fourth-order valence-corrected chi connectivity index (χ4v) is 3.72. The number of hydrogen-bond acceptors (Lipinski definition) is 2. The molecule has 4 heteroatoms. The summed E-state index contributed by atoms with van der Waals surface area (Å²) < 4.78 is 0. The van der Waals surface area contributed by atoms with Crippen molar-refractivity contribution in [2.75, 3.05) is 13.1 Å². The number of rotatable bonds is 3. The van der Waals surface area contributed by atoms with Gasteiger partial charge in [0.25, 0.3) is 0 Å². The Labute approximate surface area is 128 Å². The molecule has 21 heavy (non-hydrogen) atoms. The molecule has 1 saturated heterocycles. The molecule has 1 N–H and O–H groups in total. The normalized spacial score (nSPS) is 26.7. The van der Waals surface area contributed by atoms with Gasteiger partial charge in [0.1, 0.15) is 6.04 Å². The van der Waals surface area contributed by atoms with Crippen LogP contribution in [-0.4, -0.2) is 35.8 Å². The fourth-order valence-electron chi connectivity index (χ4n) is 3.72. The zero-order valence-corrected chi connectivity index (χ0v) is 14.0. The Morgan fingerprint density at radius 2 is 1.86 bits per heavy atom. The first kappa shape index (κ1) is 16.3. The van der Waals surface area contributed by atoms with E-state index >= 15 is 0 Å². The van der Waals surface area contributed by atoms with Gasteiger partial charge >= 0.3 is 0 Å². The molecule has 0 aromatic heterocycles. The maximum atomic E-state index is 12.9. The van der Waals surface area contributed by atoms with Crippen LogP contribution in [0.4, 0.5) is 0 Å². The molecule has 120 valence electrons. The van der Waals surface area contributed by atoms with Gasteiger partial charge in [0, 0.05) is 19.5 Å². The van der Waals surface area contributed by atoms with Gasteiger partial charge in [0.15, 0.2) is 0 Å². The van der Waals surface area contributed by atoms with Crippen LogP contribution in [0.2, 0.25) is 0 Å². The van der Waals surface area contributed by atoms with Crippen molar-refractivity contribution in [3.05, 3.63) is 0 Å². The molecule has 2 aliphatic rings. The topological polar surface area (TPSA) is 49.4 Å². The highest BCUT2D eigenvalue weighted by atomic mass is 16.2. The molecule has 2 fully saturated rings. The van der Waals surface area contributed by atoms with Crippen LogP contribution in [0.3, 0.4) is 0 Å². The summed E-state index contributed by atoms with van der Waals surface area (Å²) in [5.41, 5.74) is 0.0376. The molecular weight excluding hydrogens is 264 g/mol. The molecule has 0 aromatic rings. The van der Waals surface area contributed by atoms with Gasteiger partial charge in [-0.05, 0) is 30.1 Å². The van der Waals surface area contributed by atoms with Crippen LogP contribution < -0.4 is 5.32 Å². The second-order valence-electron chi connectivity index (χ2n) is 7.94. The first-order valence-electron chi connectivity index (χ1n) is 8.36. The Morgan fingerprint density at radius 3 is 2.38 bits per heavy atom. The predicted molar refractivity (Wildman–Crippen MR) is 83.8 cm³/mol. The van der Waals surface area contributed by atoms with Gasteiger partial charge in [0.05, 0.1) is 0 Å². The summed E-state index contributed by atoms with van der Waals surface area (Å²) in [6.07, 6.45) is 6.53. The van der Waals surface area contributed by atoms with E-state index in [0.717, 1.165) is 13.0 Å². The summed E-state index contributed by atoms with van der Waals surface area (Å²) in [5.74, 6) is 0.107. The third-order valence-electron chi connectivity index (χ3n) is 5.28. The molecule has 1 atom stereocenters. The summed E-state index contributed by atoms with van der Waals surface area (Å²) in [7, 11) is 0. The molecule has 1 heterocycles. The highest BCUT2D eigenvalue weighted by molar-refractivity contribution is 5.90. The van der Waals surface area contributed by atoms with E-state index in [-0.39, 0.29) is 22.6 Å². The number of nitrogens with one attached hydrogen (secondary N) is 1. The standard InChI is InChI=1S/C17H30N2O2/c1-5-17(9-6-7-10-17)12-19-11-8-13(20)18-14(15(19)21)16(2,3)4/h14H,5-12H2,1-4H3,(H,18,20). The van der Waals surface area contributed by atoms with E-state index in [1.807, 2.05) is 25.7 Å². The maximum absolute atomic E-state index is 12.9. The number of carbonyl (C=O) groups is 2. The molecular formula is C17H30N2O2. The van der Waals surface area contributed by atoms with E-state index in [1.54, 1.807) is 0 Å². The molecule has 0 spiro atoms. The van der Waals surface area contributed by atoms with Crippen molar-refractivity contribution in [2.45, 2.75) is 72.3 Å². The highest BCUT2D eigenvalue weighted by Crippen LogP contribution is 2.42. The van der Waals surface area contributed by atoms with Crippen molar-refractivity contribution >= 4 is 11.8 Å². The molecule has 1 aliphatic heterocycles. The average Bonchev–Trinajstić information content (AvgIpc) is 2.82. The lowest BCUT2D eigenvalue weighted by Crippen LogP contribution is -2.53. The molecule has 1 aliphatic carbocycles. The monoisotopic (exact) mass is 294 g/mol. The van der Waals surface area contributed by atoms with Crippen LogP contribution >= 0.6 is 0 Å². The van der Waals surface area contributed by atoms with Crippen molar-refractivity contribution < 1.29 is 9.59 Å². The zero-order chi connectivity index (χ0) is 15.7. The SMILES string of the molecule is CCC1(CN2CCC(=O)NC(C(C)(C)C)C2=O)CCCC1. The molecule has 0 bridgehead atoms. The summed E-state index contributed by atoms with van der Waals surface area (Å²) in [5, 5.41) is 2.92. The van der Waals surface area contributed by atoms with Crippen molar-refractivity contribution in [2.24, 2.45) is 10.8 Å². The average molecular weight is 294 g/mol. The minimum atomic E-state index is -0.400. The lowest BCUT2D eigenvalue weighted by molar-refractivity contribution is -0.137. The Morgan fingerprint density at radius 1 is 1.24 bits per heavy atom. The first-order chi connectivity index (χ1) is 9.77. The predicted octanol–water partition coefficient (Wildman–Crippen LogP) is 2.72. The molecule has 4 nitrogen and oxygen atoms in total. The smallest absolute Gasteiger partial charge is 0.245 e. The summed E-state index contributed by atoms with van der Waals surface area (Å²) >= 11 is 0. The lowest BCUT2D eigenvalue weighted by atomic mass is 9.81. The van der Waals surface area contributed by atoms with E-state index in [9.17, 15) is 9.59 Å². The maximum Gasteiger partial charge on any atom is 0.245 e. The van der Waals surface area contributed by atoms with E-state index in [1.165, 1.54) is 25.7 Å². The quantitative estimate of drug-likeness (QED) is 0.870. The number of hydrogen-bond donors (Lipinski definition) is 1. The van der Waals surface area contributed by atoms with Crippen molar-refractivity contribution in [1.29, 1.82) is 0 Å². The second-order valence-corrected chi connectivity index (χ2v) is 7.94. The largest absolute Gasteiger partial charge is 0.344 e. The van der Waals surface area contributed by atoms with Gasteiger partial charge in [-0.25, -0.2) is 0 Å². The van der Waals surface area contributed by atoms with Crippen molar-refractivity contribution in [3.63, 3.8) is 0 Å². The van der Waals surface area contributed by atoms with E-state index in [0.29, 0.717) is 13.0 Å². The van der Waals surface area contributed by atoms with Crippen LogP contribution in [0.15, 0.2) is 0 Å². The number of amides is 2. The highest BCUT2D eigenvalue weighted by Gasteiger charge is 2.41. The fraction of sp³-hybridized carbons (Fsp3) is 0.882. The Balaban J connectivity index is 2.17. The zero-order valence-electron chi connectivity index (χ0n) is 14.0. The van der Waals surface area contributed by atoms with Gasteiger partial charge in [-0.2, -0.15) is 0 Å². The number of carbonyl (C=O) groups excluding carboxylic acids is 2. The van der Waals surface area contributed by atoms with Gasteiger partial charge < -0.3 is 10.2 Å². The van der Waals surface area contributed by atoms with E-state index < -0.39 is 6.04 Å². The lowest BCUT2D eigenvalue weighted by Gasteiger charge is -2.37. The van der Waals surface area contributed by atoms with Crippen LogP contribution in [0.1, 0.15) is 66.2 Å². The Bertz CT molecular complexity index is 406. The van der Waals surface area contributed by atoms with Crippen LogP contribution in [0.25, 0.3) is 0 Å². The summed E-state index contributed by atoms with van der Waals surface area (Å²) in [6.45, 7) is 9.68. The molecule has 2 amide bonds. The van der Waals surface area contributed by atoms with Crippen LogP contribution in [-0.2, 0) is 9.59 Å². The van der Waals surface area contributed by atoms with Crippen molar-refractivity contribution in [1.82, 2.24) is 10.2 Å².